The second kappa shape index (κ2) is 9.32. The highest BCUT2D eigenvalue weighted by Gasteiger charge is 2.21. The minimum Gasteiger partial charge on any atom is -0.491 e. The maximum atomic E-state index is 6.28. The molecule has 0 radical (unpaired) electrons. The molecule has 5 aromatic rings. The summed E-state index contributed by atoms with van der Waals surface area (Å²) in [5.41, 5.74) is 6.57. The Kier molecular flexibility index (Phi) is 5.74. The molecule has 3 heterocycles. The maximum absolute atomic E-state index is 6.28. The van der Waals surface area contributed by atoms with Crippen LogP contribution in [-0.4, -0.2) is 34.1 Å². The fourth-order valence-electron chi connectivity index (χ4n) is 5.32. The summed E-state index contributed by atoms with van der Waals surface area (Å²) in [6.07, 6.45) is 3.79. The quantitative estimate of drug-likeness (QED) is 0.326. The second-order valence-corrected chi connectivity index (χ2v) is 9.04. The first-order chi connectivity index (χ1) is 16.9. The van der Waals surface area contributed by atoms with Crippen LogP contribution in [0.25, 0.3) is 21.8 Å². The fourth-order valence-corrected chi connectivity index (χ4v) is 5.32. The van der Waals surface area contributed by atoms with Crippen molar-refractivity contribution in [3.63, 3.8) is 0 Å². The Morgan fingerprint density at radius 1 is 0.794 bits per heavy atom. The molecule has 34 heavy (non-hydrogen) atoms. The Labute approximate surface area is 200 Å². The zero-order valence-electron chi connectivity index (χ0n) is 19.4. The molecule has 1 aliphatic heterocycles. The van der Waals surface area contributed by atoms with Crippen LogP contribution in [0.15, 0.2) is 91.1 Å². The summed E-state index contributed by atoms with van der Waals surface area (Å²) in [6, 6.07) is 29.9. The number of fused-ring (bicyclic) bond motifs is 4. The van der Waals surface area contributed by atoms with Crippen LogP contribution in [0.5, 0.6) is 5.75 Å². The average molecular weight is 448 g/mol. The average Bonchev–Trinajstić information content (AvgIpc) is 3.03. The maximum Gasteiger partial charge on any atom is 0.145 e. The summed E-state index contributed by atoms with van der Waals surface area (Å²) in [7, 11) is 0. The first-order valence-corrected chi connectivity index (χ1v) is 12.2. The Balaban J connectivity index is 1.23. The largest absolute Gasteiger partial charge is 0.491 e. The van der Waals surface area contributed by atoms with Crippen molar-refractivity contribution in [2.24, 2.45) is 0 Å². The van der Waals surface area contributed by atoms with Crippen molar-refractivity contribution in [3.8, 4) is 5.75 Å². The molecular formula is C30H29N3O. The van der Waals surface area contributed by atoms with Gasteiger partial charge in [-0.3, -0.25) is 9.88 Å². The monoisotopic (exact) mass is 447 g/mol. The number of pyridine rings is 1. The van der Waals surface area contributed by atoms with Crippen LogP contribution < -0.4 is 4.74 Å². The first-order valence-electron chi connectivity index (χ1n) is 12.2. The standard InChI is InChI=1S/C30H29N3O/c1-2-8-23(9-3-1)22-32-18-15-28-26(25-12-4-5-13-27(25)33(28)20-19-32)16-21-34-29-14-6-10-24-11-7-17-31-30(24)29/h1-14,17H,15-16,18-22H2. The highest BCUT2D eigenvalue weighted by molar-refractivity contribution is 5.86. The number of hydrogen-bond acceptors (Lipinski definition) is 3. The van der Waals surface area contributed by atoms with E-state index >= 15 is 0 Å². The lowest BCUT2D eigenvalue weighted by Crippen LogP contribution is -2.26. The minimum atomic E-state index is 0.643. The molecule has 2 aromatic heterocycles. The van der Waals surface area contributed by atoms with Gasteiger partial charge >= 0.3 is 0 Å². The zero-order chi connectivity index (χ0) is 22.7. The molecular weight excluding hydrogens is 418 g/mol. The summed E-state index contributed by atoms with van der Waals surface area (Å²) >= 11 is 0. The van der Waals surface area contributed by atoms with Gasteiger partial charge in [0, 0.05) is 67.2 Å². The van der Waals surface area contributed by atoms with Crippen LogP contribution in [-0.2, 0) is 25.9 Å². The van der Waals surface area contributed by atoms with Gasteiger partial charge in [-0.05, 0) is 29.3 Å². The van der Waals surface area contributed by atoms with E-state index < -0.39 is 0 Å². The second-order valence-electron chi connectivity index (χ2n) is 9.04. The van der Waals surface area contributed by atoms with Crippen LogP contribution >= 0.6 is 0 Å². The number of para-hydroxylation sites is 2. The molecule has 0 amide bonds. The molecule has 0 fully saturated rings. The molecule has 0 bridgehead atoms. The molecule has 0 unspecified atom stereocenters. The number of hydrogen-bond donors (Lipinski definition) is 0. The molecule has 0 spiro atoms. The number of ether oxygens (including phenoxy) is 1. The van der Waals surface area contributed by atoms with Crippen molar-refractivity contribution < 1.29 is 4.74 Å². The van der Waals surface area contributed by atoms with Crippen molar-refractivity contribution in [1.82, 2.24) is 14.5 Å². The van der Waals surface area contributed by atoms with Gasteiger partial charge in [0.25, 0.3) is 0 Å². The van der Waals surface area contributed by atoms with E-state index in [4.69, 9.17) is 4.74 Å². The highest BCUT2D eigenvalue weighted by atomic mass is 16.5. The van der Waals surface area contributed by atoms with E-state index in [1.54, 1.807) is 0 Å². The molecule has 1 aliphatic rings. The summed E-state index contributed by atoms with van der Waals surface area (Å²) in [5, 5.41) is 2.48. The molecule has 6 rings (SSSR count). The predicted octanol–water partition coefficient (Wildman–Crippen LogP) is 5.87. The lowest BCUT2D eigenvalue weighted by Gasteiger charge is -2.19. The van der Waals surface area contributed by atoms with Gasteiger partial charge in [0.05, 0.1) is 6.61 Å². The summed E-state index contributed by atoms with van der Waals surface area (Å²) in [4.78, 5) is 7.12. The Morgan fingerprint density at radius 2 is 1.65 bits per heavy atom. The van der Waals surface area contributed by atoms with Crippen molar-refractivity contribution in [1.29, 1.82) is 0 Å². The van der Waals surface area contributed by atoms with E-state index in [-0.39, 0.29) is 0 Å². The Morgan fingerprint density at radius 3 is 2.59 bits per heavy atom. The van der Waals surface area contributed by atoms with Gasteiger partial charge in [0.15, 0.2) is 0 Å². The van der Waals surface area contributed by atoms with Crippen LogP contribution in [0.2, 0.25) is 0 Å². The molecule has 0 N–H and O–H groups in total. The molecule has 4 nitrogen and oxygen atoms in total. The van der Waals surface area contributed by atoms with Crippen molar-refractivity contribution in [2.75, 3.05) is 19.7 Å². The molecule has 4 heteroatoms. The molecule has 170 valence electrons. The van der Waals surface area contributed by atoms with Crippen LogP contribution in [0.4, 0.5) is 0 Å². The number of aromatic nitrogens is 2. The van der Waals surface area contributed by atoms with E-state index in [2.05, 4.69) is 81.2 Å². The third kappa shape index (κ3) is 4.06. The van der Waals surface area contributed by atoms with Gasteiger partial charge in [-0.2, -0.15) is 0 Å². The lowest BCUT2D eigenvalue weighted by atomic mass is 10.1. The number of nitrogens with zero attached hydrogens (tertiary/aromatic N) is 3. The van der Waals surface area contributed by atoms with Gasteiger partial charge in [0.2, 0.25) is 0 Å². The third-order valence-electron chi connectivity index (χ3n) is 6.95. The zero-order valence-corrected chi connectivity index (χ0v) is 19.4. The van der Waals surface area contributed by atoms with E-state index in [1.807, 2.05) is 24.4 Å². The van der Waals surface area contributed by atoms with Gasteiger partial charge in [0.1, 0.15) is 11.3 Å². The van der Waals surface area contributed by atoms with Crippen molar-refractivity contribution in [3.05, 3.63) is 108 Å². The van der Waals surface area contributed by atoms with E-state index in [0.29, 0.717) is 6.61 Å². The smallest absolute Gasteiger partial charge is 0.145 e. The van der Waals surface area contributed by atoms with Gasteiger partial charge in [-0.25, -0.2) is 0 Å². The molecule has 3 aromatic carbocycles. The SMILES string of the molecule is c1ccc(CN2CCc3c(CCOc4cccc5cccnc45)c4ccccc4n3CC2)cc1. The molecule has 0 saturated heterocycles. The highest BCUT2D eigenvalue weighted by Crippen LogP contribution is 2.30. The van der Waals surface area contributed by atoms with Gasteiger partial charge < -0.3 is 9.30 Å². The molecule has 0 saturated carbocycles. The minimum absolute atomic E-state index is 0.643. The molecule has 0 aliphatic carbocycles. The Hall–Kier alpha value is -3.63. The van der Waals surface area contributed by atoms with Gasteiger partial charge in [-0.1, -0.05) is 66.7 Å². The number of rotatable bonds is 6. The van der Waals surface area contributed by atoms with E-state index in [1.165, 1.54) is 27.7 Å². The van der Waals surface area contributed by atoms with Crippen LogP contribution in [0.1, 0.15) is 16.8 Å². The normalized spacial score (nSPS) is 14.2. The summed E-state index contributed by atoms with van der Waals surface area (Å²) < 4.78 is 8.83. The van der Waals surface area contributed by atoms with E-state index in [0.717, 1.165) is 55.7 Å². The van der Waals surface area contributed by atoms with Gasteiger partial charge in [-0.15, -0.1) is 0 Å². The summed E-state index contributed by atoms with van der Waals surface area (Å²) in [5.74, 6) is 0.863. The first kappa shape index (κ1) is 20.9. The van der Waals surface area contributed by atoms with Crippen LogP contribution in [0.3, 0.4) is 0 Å². The third-order valence-corrected chi connectivity index (χ3v) is 6.95. The van der Waals surface area contributed by atoms with Crippen molar-refractivity contribution >= 4 is 21.8 Å². The van der Waals surface area contributed by atoms with Crippen LogP contribution in [0, 0.1) is 0 Å². The van der Waals surface area contributed by atoms with E-state index in [9.17, 15) is 0 Å². The fraction of sp³-hybridized carbons (Fsp3) is 0.233. The molecule has 0 atom stereocenters. The predicted molar refractivity (Wildman–Crippen MR) is 138 cm³/mol. The summed E-state index contributed by atoms with van der Waals surface area (Å²) in [6.45, 7) is 4.82. The topological polar surface area (TPSA) is 30.3 Å². The lowest BCUT2D eigenvalue weighted by molar-refractivity contribution is 0.272. The number of benzene rings is 3. The Bertz CT molecular complexity index is 1420. The van der Waals surface area contributed by atoms with Crippen molar-refractivity contribution in [2.45, 2.75) is 25.9 Å².